The van der Waals surface area contributed by atoms with E-state index in [9.17, 15) is 18.0 Å². The van der Waals surface area contributed by atoms with Crippen LogP contribution in [0, 0.1) is 13.8 Å². The topological polar surface area (TPSA) is 86.8 Å². The normalized spacial score (nSPS) is 12.1. The van der Waals surface area contributed by atoms with Gasteiger partial charge in [-0.15, -0.1) is 0 Å². The number of benzene rings is 3. The van der Waals surface area contributed by atoms with Gasteiger partial charge in [-0.25, -0.2) is 8.42 Å². The van der Waals surface area contributed by atoms with Crippen LogP contribution >= 0.6 is 23.2 Å². The number of carbonyl (C=O) groups is 2. The summed E-state index contributed by atoms with van der Waals surface area (Å²) < 4.78 is 29.0. The first-order valence-electron chi connectivity index (χ1n) is 13.2. The van der Waals surface area contributed by atoms with Crippen LogP contribution < -0.4 is 9.62 Å². The third-order valence-electron chi connectivity index (χ3n) is 6.53. The van der Waals surface area contributed by atoms with E-state index in [1.165, 1.54) is 17.0 Å². The molecule has 10 heteroatoms. The number of amides is 2. The van der Waals surface area contributed by atoms with E-state index in [2.05, 4.69) is 5.32 Å². The Morgan fingerprint density at radius 1 is 0.950 bits per heavy atom. The van der Waals surface area contributed by atoms with Gasteiger partial charge in [-0.2, -0.15) is 0 Å². The molecule has 1 N–H and O–H groups in total. The zero-order chi connectivity index (χ0) is 29.4. The molecule has 0 saturated heterocycles. The number of nitrogens with zero attached hydrogens (tertiary/aromatic N) is 2. The van der Waals surface area contributed by atoms with Crippen LogP contribution in [0.4, 0.5) is 5.69 Å². The van der Waals surface area contributed by atoms with E-state index in [1.54, 1.807) is 49.4 Å². The van der Waals surface area contributed by atoms with Gasteiger partial charge < -0.3 is 10.2 Å². The molecular weight excluding hydrogens is 569 g/mol. The third-order valence-corrected chi connectivity index (χ3v) is 8.90. The lowest BCUT2D eigenvalue weighted by Gasteiger charge is -2.33. The van der Waals surface area contributed by atoms with Crippen molar-refractivity contribution in [1.29, 1.82) is 0 Å². The van der Waals surface area contributed by atoms with Crippen molar-refractivity contribution in [2.24, 2.45) is 0 Å². The molecule has 3 rings (SSSR count). The van der Waals surface area contributed by atoms with Crippen molar-refractivity contribution in [3.05, 3.63) is 93.5 Å². The average Bonchev–Trinajstić information content (AvgIpc) is 2.93. The molecule has 0 radical (unpaired) electrons. The van der Waals surface area contributed by atoms with Gasteiger partial charge >= 0.3 is 0 Å². The summed E-state index contributed by atoms with van der Waals surface area (Å²) >= 11 is 12.5. The predicted molar refractivity (Wildman–Crippen MR) is 161 cm³/mol. The second kappa shape index (κ2) is 14.0. The fourth-order valence-corrected chi connectivity index (χ4v) is 6.30. The highest BCUT2D eigenvalue weighted by molar-refractivity contribution is 7.92. The second-order valence-electron chi connectivity index (χ2n) is 9.59. The molecule has 40 heavy (non-hydrogen) atoms. The molecular formula is C30H35Cl2N3O4S. The van der Waals surface area contributed by atoms with E-state index >= 15 is 0 Å². The summed E-state index contributed by atoms with van der Waals surface area (Å²) in [4.78, 5) is 28.8. The van der Waals surface area contributed by atoms with Gasteiger partial charge in [0.15, 0.2) is 0 Å². The minimum Gasteiger partial charge on any atom is -0.354 e. The van der Waals surface area contributed by atoms with Crippen LogP contribution in [-0.4, -0.2) is 44.3 Å². The summed E-state index contributed by atoms with van der Waals surface area (Å²) in [6, 6.07) is 17.5. The van der Waals surface area contributed by atoms with Gasteiger partial charge in [0.1, 0.15) is 12.6 Å². The number of carbonyl (C=O) groups excluding carboxylic acids is 2. The minimum absolute atomic E-state index is 0.00108. The van der Waals surface area contributed by atoms with Gasteiger partial charge in [-0.3, -0.25) is 13.9 Å². The van der Waals surface area contributed by atoms with Crippen LogP contribution in [0.1, 0.15) is 43.4 Å². The maximum absolute atomic E-state index is 14.1. The zero-order valence-electron chi connectivity index (χ0n) is 23.2. The first kappa shape index (κ1) is 31.5. The molecule has 1 atom stereocenters. The Morgan fingerprint density at radius 2 is 1.65 bits per heavy atom. The lowest BCUT2D eigenvalue weighted by molar-refractivity contribution is -0.140. The monoisotopic (exact) mass is 603 g/mol. The Bertz CT molecular complexity index is 1450. The van der Waals surface area contributed by atoms with Crippen molar-refractivity contribution in [2.45, 2.75) is 58.0 Å². The lowest BCUT2D eigenvalue weighted by atomic mass is 10.1. The van der Waals surface area contributed by atoms with Crippen molar-refractivity contribution in [3.63, 3.8) is 0 Å². The maximum Gasteiger partial charge on any atom is 0.264 e. The Kier molecular flexibility index (Phi) is 11.0. The molecule has 0 aliphatic heterocycles. The van der Waals surface area contributed by atoms with Crippen LogP contribution in [-0.2, 0) is 26.2 Å². The average molecular weight is 605 g/mol. The molecule has 0 aliphatic carbocycles. The highest BCUT2D eigenvalue weighted by atomic mass is 35.5. The van der Waals surface area contributed by atoms with Crippen LogP contribution in [0.3, 0.4) is 0 Å². The summed E-state index contributed by atoms with van der Waals surface area (Å²) in [5.41, 5.74) is 2.52. The van der Waals surface area contributed by atoms with Crippen molar-refractivity contribution in [3.8, 4) is 0 Å². The molecule has 3 aromatic rings. The molecule has 0 heterocycles. The summed E-state index contributed by atoms with van der Waals surface area (Å²) in [6.07, 6.45) is 1.05. The van der Waals surface area contributed by atoms with Crippen molar-refractivity contribution < 1.29 is 18.0 Å². The number of halogens is 2. The number of anilines is 1. The van der Waals surface area contributed by atoms with Gasteiger partial charge in [-0.1, -0.05) is 73.4 Å². The van der Waals surface area contributed by atoms with E-state index in [0.717, 1.165) is 16.3 Å². The number of sulfonamides is 1. The summed E-state index contributed by atoms with van der Waals surface area (Å²) in [5, 5.41) is 3.65. The molecule has 2 amide bonds. The van der Waals surface area contributed by atoms with Gasteiger partial charge in [0.2, 0.25) is 11.8 Å². The Labute approximate surface area is 247 Å². The van der Waals surface area contributed by atoms with Crippen molar-refractivity contribution in [1.82, 2.24) is 10.2 Å². The van der Waals surface area contributed by atoms with Crippen molar-refractivity contribution >= 4 is 50.7 Å². The van der Waals surface area contributed by atoms with Crippen LogP contribution in [0.25, 0.3) is 0 Å². The molecule has 0 bridgehead atoms. The van der Waals surface area contributed by atoms with Gasteiger partial charge in [-0.05, 0) is 73.7 Å². The molecule has 0 fully saturated rings. The Balaban J connectivity index is 2.10. The van der Waals surface area contributed by atoms with Crippen LogP contribution in [0.2, 0.25) is 10.0 Å². The molecule has 7 nitrogen and oxygen atoms in total. The molecule has 0 aromatic heterocycles. The predicted octanol–water partition coefficient (Wildman–Crippen LogP) is 6.14. The van der Waals surface area contributed by atoms with Crippen LogP contribution in [0.5, 0.6) is 0 Å². The van der Waals surface area contributed by atoms with E-state index in [0.29, 0.717) is 39.8 Å². The van der Waals surface area contributed by atoms with E-state index in [1.807, 2.05) is 32.9 Å². The molecule has 3 aromatic carbocycles. The number of aryl methyl sites for hydroxylation is 2. The number of nitrogens with one attached hydrogen (secondary N) is 1. The number of hydrogen-bond acceptors (Lipinski definition) is 4. The number of rotatable bonds is 12. The standard InChI is InChI=1S/C30H35Cl2N3O4S/c1-5-16-33-30(37)27(6-2)34(19-23-14-15-24(31)18-26(23)32)29(36)20-35(28-17-21(3)12-13-22(28)4)40(38,39)25-10-8-7-9-11-25/h7-15,17-18,27H,5-6,16,19-20H2,1-4H3,(H,33,37)/t27-/m0/s1. The third kappa shape index (κ3) is 7.56. The minimum atomic E-state index is -4.13. The zero-order valence-corrected chi connectivity index (χ0v) is 25.5. The maximum atomic E-state index is 14.1. The fourth-order valence-electron chi connectivity index (χ4n) is 4.34. The number of hydrogen-bond donors (Lipinski definition) is 1. The van der Waals surface area contributed by atoms with Crippen molar-refractivity contribution in [2.75, 3.05) is 17.4 Å². The smallest absolute Gasteiger partial charge is 0.264 e. The van der Waals surface area contributed by atoms with Gasteiger partial charge in [0.25, 0.3) is 10.0 Å². The first-order chi connectivity index (χ1) is 19.0. The summed E-state index contributed by atoms with van der Waals surface area (Å²) in [5.74, 6) is -0.850. The Hall–Kier alpha value is -3.07. The molecule has 0 unspecified atom stereocenters. The molecule has 0 spiro atoms. The van der Waals surface area contributed by atoms with Gasteiger partial charge in [0.05, 0.1) is 10.6 Å². The lowest BCUT2D eigenvalue weighted by Crippen LogP contribution is -2.52. The molecule has 0 saturated carbocycles. The largest absolute Gasteiger partial charge is 0.354 e. The van der Waals surface area contributed by atoms with E-state index in [-0.39, 0.29) is 17.3 Å². The Morgan fingerprint density at radius 3 is 2.27 bits per heavy atom. The van der Waals surface area contributed by atoms with E-state index in [4.69, 9.17) is 23.2 Å². The summed E-state index contributed by atoms with van der Waals surface area (Å²) in [6.45, 7) is 7.35. The SMILES string of the molecule is CCCNC(=O)[C@H](CC)N(Cc1ccc(Cl)cc1Cl)C(=O)CN(c1cc(C)ccc1C)S(=O)(=O)c1ccccc1. The molecule has 0 aliphatic rings. The summed E-state index contributed by atoms with van der Waals surface area (Å²) in [7, 11) is -4.13. The fraction of sp³-hybridized carbons (Fsp3) is 0.333. The first-order valence-corrected chi connectivity index (χ1v) is 15.3. The van der Waals surface area contributed by atoms with Gasteiger partial charge in [0, 0.05) is 23.1 Å². The highest BCUT2D eigenvalue weighted by Gasteiger charge is 2.34. The van der Waals surface area contributed by atoms with E-state index < -0.39 is 28.5 Å². The van der Waals surface area contributed by atoms with Crippen LogP contribution in [0.15, 0.2) is 71.6 Å². The molecule has 214 valence electrons. The highest BCUT2D eigenvalue weighted by Crippen LogP contribution is 2.29. The second-order valence-corrected chi connectivity index (χ2v) is 12.3. The quantitative estimate of drug-likeness (QED) is 0.269.